The number of halogens is 2. The topological polar surface area (TPSA) is 64.9 Å². The molecule has 0 saturated heterocycles. The average molecular weight is 268 g/mol. The lowest BCUT2D eigenvalue weighted by molar-refractivity contribution is 0.411. The van der Waals surface area contributed by atoms with Crippen molar-refractivity contribution in [3.63, 3.8) is 0 Å². The molecule has 1 atom stereocenters. The van der Waals surface area contributed by atoms with E-state index in [-0.39, 0.29) is 17.0 Å². The van der Waals surface area contributed by atoms with E-state index in [0.717, 1.165) is 12.8 Å². The van der Waals surface area contributed by atoms with Crippen molar-refractivity contribution < 1.29 is 8.91 Å². The summed E-state index contributed by atoms with van der Waals surface area (Å²) in [6, 6.07) is 4.24. The van der Waals surface area contributed by atoms with Gasteiger partial charge in [0.05, 0.1) is 16.6 Å². The molecule has 4 nitrogen and oxygen atoms in total. The van der Waals surface area contributed by atoms with Crippen LogP contribution < -0.4 is 5.73 Å². The fourth-order valence-electron chi connectivity index (χ4n) is 1.81. The number of nitrogens with two attached hydrogens (primary N) is 1. The summed E-state index contributed by atoms with van der Waals surface area (Å²) >= 11 is 5.86. The maximum atomic E-state index is 13.3. The van der Waals surface area contributed by atoms with E-state index in [1.165, 1.54) is 6.07 Å². The average Bonchev–Trinajstić information content (AvgIpc) is 3.10. The van der Waals surface area contributed by atoms with Gasteiger partial charge in [-0.25, -0.2) is 4.39 Å². The molecule has 0 radical (unpaired) electrons. The number of hydrogen-bond acceptors (Lipinski definition) is 4. The molecule has 1 heterocycles. The Kier molecular flexibility index (Phi) is 2.80. The SMILES string of the molecule is NC(c1noc(-c2cccc(F)c2Cl)n1)C1CC1. The highest BCUT2D eigenvalue weighted by Gasteiger charge is 2.32. The summed E-state index contributed by atoms with van der Waals surface area (Å²) in [6.07, 6.45) is 2.18. The van der Waals surface area contributed by atoms with Gasteiger partial charge in [-0.1, -0.05) is 22.8 Å². The van der Waals surface area contributed by atoms with Crippen LogP contribution >= 0.6 is 11.6 Å². The van der Waals surface area contributed by atoms with Gasteiger partial charge in [-0.05, 0) is 30.9 Å². The molecule has 0 spiro atoms. The molecule has 1 aromatic carbocycles. The minimum Gasteiger partial charge on any atom is -0.334 e. The van der Waals surface area contributed by atoms with Gasteiger partial charge in [0.2, 0.25) is 0 Å². The molecular weight excluding hydrogens is 257 g/mol. The molecule has 94 valence electrons. The first-order valence-electron chi connectivity index (χ1n) is 5.70. The van der Waals surface area contributed by atoms with E-state index < -0.39 is 5.82 Å². The van der Waals surface area contributed by atoms with Crippen molar-refractivity contribution in [2.75, 3.05) is 0 Å². The molecule has 1 fully saturated rings. The summed E-state index contributed by atoms with van der Waals surface area (Å²) in [5.74, 6) is 0.567. The molecule has 6 heteroatoms. The van der Waals surface area contributed by atoms with Crippen LogP contribution in [0.3, 0.4) is 0 Å². The second-order valence-electron chi connectivity index (χ2n) is 4.42. The van der Waals surface area contributed by atoms with E-state index in [9.17, 15) is 4.39 Å². The van der Waals surface area contributed by atoms with E-state index in [1.54, 1.807) is 12.1 Å². The molecule has 1 aliphatic carbocycles. The second kappa shape index (κ2) is 4.33. The summed E-state index contributed by atoms with van der Waals surface area (Å²) in [6.45, 7) is 0. The van der Waals surface area contributed by atoms with Crippen LogP contribution in [0, 0.1) is 11.7 Å². The van der Waals surface area contributed by atoms with E-state index >= 15 is 0 Å². The zero-order valence-electron chi connectivity index (χ0n) is 9.44. The van der Waals surface area contributed by atoms with Crippen LogP contribution in [0.4, 0.5) is 4.39 Å². The molecule has 1 aliphatic rings. The molecule has 1 saturated carbocycles. The third-order valence-corrected chi connectivity index (χ3v) is 3.44. The smallest absolute Gasteiger partial charge is 0.259 e. The Morgan fingerprint density at radius 3 is 2.94 bits per heavy atom. The lowest BCUT2D eigenvalue weighted by Crippen LogP contribution is -2.13. The third-order valence-electron chi connectivity index (χ3n) is 3.05. The van der Waals surface area contributed by atoms with Crippen LogP contribution in [0.15, 0.2) is 22.7 Å². The molecule has 2 N–H and O–H groups in total. The van der Waals surface area contributed by atoms with Crippen molar-refractivity contribution in [3.8, 4) is 11.5 Å². The fraction of sp³-hybridized carbons (Fsp3) is 0.333. The third kappa shape index (κ3) is 2.00. The molecule has 2 aromatic rings. The lowest BCUT2D eigenvalue weighted by Gasteiger charge is -2.02. The van der Waals surface area contributed by atoms with Gasteiger partial charge < -0.3 is 10.3 Å². The van der Waals surface area contributed by atoms with Crippen molar-refractivity contribution in [1.82, 2.24) is 10.1 Å². The highest BCUT2D eigenvalue weighted by molar-refractivity contribution is 6.33. The first-order chi connectivity index (χ1) is 8.66. The quantitative estimate of drug-likeness (QED) is 0.929. The van der Waals surface area contributed by atoms with E-state index in [0.29, 0.717) is 17.3 Å². The van der Waals surface area contributed by atoms with Gasteiger partial charge in [-0.15, -0.1) is 0 Å². The maximum absolute atomic E-state index is 13.3. The zero-order valence-corrected chi connectivity index (χ0v) is 10.2. The van der Waals surface area contributed by atoms with Crippen LogP contribution in [0.5, 0.6) is 0 Å². The molecule has 1 aromatic heterocycles. The minimum atomic E-state index is -0.514. The molecule has 0 bridgehead atoms. The minimum absolute atomic E-state index is 0.0207. The molecule has 1 unspecified atom stereocenters. The molecule has 3 rings (SSSR count). The van der Waals surface area contributed by atoms with Gasteiger partial charge in [-0.3, -0.25) is 0 Å². The highest BCUT2D eigenvalue weighted by Crippen LogP contribution is 2.39. The highest BCUT2D eigenvalue weighted by atomic mass is 35.5. The number of nitrogens with zero attached hydrogens (tertiary/aromatic N) is 2. The van der Waals surface area contributed by atoms with Crippen LogP contribution in [0.25, 0.3) is 11.5 Å². The molecular formula is C12H11ClFN3O. The van der Waals surface area contributed by atoms with Gasteiger partial charge in [0, 0.05) is 0 Å². The van der Waals surface area contributed by atoms with Crippen LogP contribution in [0.2, 0.25) is 5.02 Å². The van der Waals surface area contributed by atoms with Crippen LogP contribution in [0.1, 0.15) is 24.7 Å². The first kappa shape index (κ1) is 11.6. The Labute approximate surface area is 108 Å². The Balaban J connectivity index is 1.94. The Morgan fingerprint density at radius 2 is 2.22 bits per heavy atom. The van der Waals surface area contributed by atoms with Crippen LogP contribution in [-0.4, -0.2) is 10.1 Å². The maximum Gasteiger partial charge on any atom is 0.259 e. The van der Waals surface area contributed by atoms with E-state index in [4.69, 9.17) is 21.9 Å². The predicted octanol–water partition coefficient (Wildman–Crippen LogP) is 2.94. The molecule has 18 heavy (non-hydrogen) atoms. The van der Waals surface area contributed by atoms with Crippen molar-refractivity contribution in [2.24, 2.45) is 11.7 Å². The standard InChI is InChI=1S/C12H11ClFN3O/c13-9-7(2-1-3-8(9)14)12-16-11(17-18-12)10(15)6-4-5-6/h1-3,6,10H,4-5,15H2. The van der Waals surface area contributed by atoms with Gasteiger partial charge in [-0.2, -0.15) is 4.98 Å². The summed E-state index contributed by atoms with van der Waals surface area (Å²) in [5.41, 5.74) is 6.36. The Hall–Kier alpha value is -1.46. The number of hydrogen-bond donors (Lipinski definition) is 1. The van der Waals surface area contributed by atoms with Crippen LogP contribution in [-0.2, 0) is 0 Å². The second-order valence-corrected chi connectivity index (χ2v) is 4.80. The summed E-state index contributed by atoms with van der Waals surface area (Å²) in [4.78, 5) is 4.19. The van der Waals surface area contributed by atoms with Gasteiger partial charge >= 0.3 is 0 Å². The van der Waals surface area contributed by atoms with Gasteiger partial charge in [0.15, 0.2) is 5.82 Å². The van der Waals surface area contributed by atoms with Crippen molar-refractivity contribution in [2.45, 2.75) is 18.9 Å². The van der Waals surface area contributed by atoms with E-state index in [1.807, 2.05) is 0 Å². The van der Waals surface area contributed by atoms with Gasteiger partial charge in [0.25, 0.3) is 5.89 Å². The Bertz CT molecular complexity index is 582. The van der Waals surface area contributed by atoms with Gasteiger partial charge in [0.1, 0.15) is 5.82 Å². The normalized spacial score (nSPS) is 16.8. The monoisotopic (exact) mass is 267 g/mol. The largest absolute Gasteiger partial charge is 0.334 e. The Morgan fingerprint density at radius 1 is 1.44 bits per heavy atom. The summed E-state index contributed by atoms with van der Waals surface area (Å²) < 4.78 is 18.4. The van der Waals surface area contributed by atoms with Crippen molar-refractivity contribution in [1.29, 1.82) is 0 Å². The van der Waals surface area contributed by atoms with Crippen molar-refractivity contribution in [3.05, 3.63) is 34.9 Å². The fourth-order valence-corrected chi connectivity index (χ4v) is 2.02. The molecule has 0 aliphatic heterocycles. The van der Waals surface area contributed by atoms with Crippen molar-refractivity contribution >= 4 is 11.6 Å². The predicted molar refractivity (Wildman–Crippen MR) is 64.4 cm³/mol. The number of aromatic nitrogens is 2. The zero-order chi connectivity index (χ0) is 12.7. The summed E-state index contributed by atoms with van der Waals surface area (Å²) in [7, 11) is 0. The lowest BCUT2D eigenvalue weighted by atomic mass is 10.2. The number of benzene rings is 1. The molecule has 0 amide bonds. The summed E-state index contributed by atoms with van der Waals surface area (Å²) in [5, 5.41) is 3.81. The van der Waals surface area contributed by atoms with E-state index in [2.05, 4.69) is 10.1 Å². The first-order valence-corrected chi connectivity index (χ1v) is 6.08. The number of rotatable bonds is 3.